The number of hydrogen-bond donors (Lipinski definition) is 1. The van der Waals surface area contributed by atoms with Crippen molar-refractivity contribution < 1.29 is 0 Å². The molecule has 1 heterocycles. The summed E-state index contributed by atoms with van der Waals surface area (Å²) < 4.78 is 0. The van der Waals surface area contributed by atoms with Gasteiger partial charge < -0.3 is 10.2 Å². The number of thioether (sulfide) groups is 1. The Morgan fingerprint density at radius 3 is 2.65 bits per heavy atom. The summed E-state index contributed by atoms with van der Waals surface area (Å²) in [6, 6.07) is 0.520. The molecule has 1 rings (SSSR count). The van der Waals surface area contributed by atoms with Crippen molar-refractivity contribution in [1.82, 2.24) is 10.2 Å². The summed E-state index contributed by atoms with van der Waals surface area (Å²) in [5.41, 5.74) is 0. The normalized spacial score (nSPS) is 22.1. The summed E-state index contributed by atoms with van der Waals surface area (Å²) in [5, 5.41) is 5.46. The van der Waals surface area contributed by atoms with Crippen molar-refractivity contribution in [2.75, 3.05) is 27.2 Å². The van der Waals surface area contributed by atoms with Crippen LogP contribution in [-0.2, 0) is 0 Å². The quantitative estimate of drug-likeness (QED) is 0.792. The first kappa shape index (κ1) is 14.8. The molecule has 2 atom stereocenters. The van der Waals surface area contributed by atoms with Gasteiger partial charge in [0.1, 0.15) is 0 Å². The van der Waals surface area contributed by atoms with E-state index in [4.69, 9.17) is 0 Å². The molecule has 100 valence electrons. The van der Waals surface area contributed by atoms with Gasteiger partial charge in [-0.25, -0.2) is 0 Å². The van der Waals surface area contributed by atoms with Crippen LogP contribution in [0.4, 0.5) is 0 Å². The van der Waals surface area contributed by atoms with Gasteiger partial charge in [0.05, 0.1) is 6.54 Å². The number of hydrogen-bond acceptors (Lipinski definition) is 4. The lowest BCUT2D eigenvalue weighted by molar-refractivity contribution is 0.329. The van der Waals surface area contributed by atoms with Crippen molar-refractivity contribution in [1.29, 1.82) is 0 Å². The topological polar surface area (TPSA) is 27.6 Å². The van der Waals surface area contributed by atoms with Crippen LogP contribution in [0.2, 0.25) is 0 Å². The zero-order valence-electron chi connectivity index (χ0n) is 11.9. The van der Waals surface area contributed by atoms with Gasteiger partial charge in [-0.2, -0.15) is 0 Å². The van der Waals surface area contributed by atoms with Crippen LogP contribution < -0.4 is 5.32 Å². The minimum Gasteiger partial charge on any atom is -0.361 e. The molecule has 3 nitrogen and oxygen atoms in total. The molecule has 0 bridgehead atoms. The summed E-state index contributed by atoms with van der Waals surface area (Å²) in [7, 11) is 4.26. The summed E-state index contributed by atoms with van der Waals surface area (Å²) in [5.74, 6) is 0.724. The van der Waals surface area contributed by atoms with E-state index in [1.54, 1.807) is 0 Å². The summed E-state index contributed by atoms with van der Waals surface area (Å²) in [4.78, 5) is 6.84. The van der Waals surface area contributed by atoms with Gasteiger partial charge >= 0.3 is 0 Å². The minimum atomic E-state index is 0.520. The number of nitrogens with one attached hydrogen (secondary N) is 1. The van der Waals surface area contributed by atoms with Crippen molar-refractivity contribution in [3.05, 3.63) is 0 Å². The highest BCUT2D eigenvalue weighted by atomic mass is 32.2. The fourth-order valence-electron chi connectivity index (χ4n) is 2.07. The Bertz CT molecular complexity index is 241. The fraction of sp³-hybridized carbons (Fsp3) is 0.923. The molecule has 0 aromatic heterocycles. The van der Waals surface area contributed by atoms with Crippen LogP contribution in [-0.4, -0.2) is 48.5 Å². The second-order valence-corrected chi connectivity index (χ2v) is 6.82. The number of aliphatic imine (C=N–C) groups is 1. The van der Waals surface area contributed by atoms with Gasteiger partial charge in [-0.1, -0.05) is 32.5 Å². The maximum Gasteiger partial charge on any atom is 0.157 e. The van der Waals surface area contributed by atoms with E-state index in [1.807, 2.05) is 11.8 Å². The fourth-order valence-corrected chi connectivity index (χ4v) is 3.09. The van der Waals surface area contributed by atoms with Crippen LogP contribution in [0.15, 0.2) is 4.99 Å². The van der Waals surface area contributed by atoms with Crippen molar-refractivity contribution in [2.24, 2.45) is 10.9 Å². The van der Waals surface area contributed by atoms with Crippen LogP contribution in [0.5, 0.6) is 0 Å². The molecule has 2 unspecified atom stereocenters. The van der Waals surface area contributed by atoms with E-state index in [9.17, 15) is 0 Å². The van der Waals surface area contributed by atoms with Crippen molar-refractivity contribution in [3.8, 4) is 0 Å². The molecule has 0 spiro atoms. The van der Waals surface area contributed by atoms with Gasteiger partial charge in [0.15, 0.2) is 5.17 Å². The third-order valence-electron chi connectivity index (χ3n) is 2.84. The minimum absolute atomic E-state index is 0.520. The van der Waals surface area contributed by atoms with Crippen LogP contribution in [0.3, 0.4) is 0 Å². The Morgan fingerprint density at radius 2 is 2.18 bits per heavy atom. The van der Waals surface area contributed by atoms with Crippen LogP contribution in [0.25, 0.3) is 0 Å². The SMILES string of the molecule is CCC1CN=C(NC(CC(C)C)CN(C)C)S1. The third kappa shape index (κ3) is 5.77. The second-order valence-electron chi connectivity index (χ2n) is 5.53. The molecule has 0 aromatic rings. The average Bonchev–Trinajstić information content (AvgIpc) is 2.63. The van der Waals surface area contributed by atoms with Crippen LogP contribution in [0, 0.1) is 5.92 Å². The van der Waals surface area contributed by atoms with Crippen LogP contribution in [0.1, 0.15) is 33.6 Å². The lowest BCUT2D eigenvalue weighted by Crippen LogP contribution is -2.41. The molecule has 17 heavy (non-hydrogen) atoms. The van der Waals surface area contributed by atoms with Crippen LogP contribution >= 0.6 is 11.8 Å². The summed E-state index contributed by atoms with van der Waals surface area (Å²) in [6.45, 7) is 8.86. The molecule has 4 heteroatoms. The lowest BCUT2D eigenvalue weighted by atomic mass is 10.0. The Hall–Kier alpha value is -0.220. The molecular weight excluding hydrogens is 230 g/mol. The maximum absolute atomic E-state index is 4.59. The third-order valence-corrected chi connectivity index (χ3v) is 4.13. The number of likely N-dealkylation sites (N-methyl/N-ethyl adjacent to an activating group) is 1. The molecule has 0 saturated heterocycles. The lowest BCUT2D eigenvalue weighted by Gasteiger charge is -2.24. The highest BCUT2D eigenvalue weighted by molar-refractivity contribution is 8.14. The van der Waals surface area contributed by atoms with E-state index in [2.05, 4.69) is 50.1 Å². The predicted molar refractivity (Wildman–Crippen MR) is 78.9 cm³/mol. The van der Waals surface area contributed by atoms with E-state index in [0.29, 0.717) is 11.3 Å². The highest BCUT2D eigenvalue weighted by Crippen LogP contribution is 2.22. The summed E-state index contributed by atoms with van der Waals surface area (Å²) in [6.07, 6.45) is 2.41. The average molecular weight is 257 g/mol. The monoisotopic (exact) mass is 257 g/mol. The van der Waals surface area contributed by atoms with Crippen molar-refractivity contribution in [3.63, 3.8) is 0 Å². The molecule has 0 aromatic carbocycles. The number of nitrogens with zero attached hydrogens (tertiary/aromatic N) is 2. The first-order valence-electron chi connectivity index (χ1n) is 6.63. The Balaban J connectivity index is 2.43. The number of rotatable bonds is 6. The smallest absolute Gasteiger partial charge is 0.157 e. The largest absolute Gasteiger partial charge is 0.361 e. The van der Waals surface area contributed by atoms with E-state index in [-0.39, 0.29) is 0 Å². The highest BCUT2D eigenvalue weighted by Gasteiger charge is 2.21. The molecule has 0 amide bonds. The molecule has 0 radical (unpaired) electrons. The molecular formula is C13H27N3S. The van der Waals surface area contributed by atoms with E-state index < -0.39 is 0 Å². The zero-order chi connectivity index (χ0) is 12.8. The molecule has 1 aliphatic rings. The van der Waals surface area contributed by atoms with Gasteiger partial charge in [-0.05, 0) is 32.9 Å². The van der Waals surface area contributed by atoms with Gasteiger partial charge in [0, 0.05) is 17.8 Å². The Kier molecular flexibility index (Phi) is 6.34. The van der Waals surface area contributed by atoms with Gasteiger partial charge in [0.25, 0.3) is 0 Å². The van der Waals surface area contributed by atoms with E-state index in [1.165, 1.54) is 12.8 Å². The molecule has 1 N–H and O–H groups in total. The van der Waals surface area contributed by atoms with Gasteiger partial charge in [0.2, 0.25) is 0 Å². The standard InChI is InChI=1S/C13H27N3S/c1-6-12-8-14-13(17-12)15-11(7-10(2)3)9-16(4)5/h10-12H,6-9H2,1-5H3,(H,14,15). The molecule has 0 aliphatic carbocycles. The van der Waals surface area contributed by atoms with E-state index >= 15 is 0 Å². The number of amidine groups is 1. The van der Waals surface area contributed by atoms with E-state index in [0.717, 1.165) is 24.2 Å². The molecule has 0 saturated carbocycles. The Morgan fingerprint density at radius 1 is 1.47 bits per heavy atom. The Labute approximate surface area is 110 Å². The first-order valence-corrected chi connectivity index (χ1v) is 7.51. The molecule has 0 fully saturated rings. The maximum atomic E-state index is 4.59. The zero-order valence-corrected chi connectivity index (χ0v) is 12.7. The molecule has 1 aliphatic heterocycles. The summed E-state index contributed by atoms with van der Waals surface area (Å²) >= 11 is 1.91. The van der Waals surface area contributed by atoms with Crippen molar-refractivity contribution in [2.45, 2.75) is 44.9 Å². The van der Waals surface area contributed by atoms with Gasteiger partial charge in [-0.15, -0.1) is 0 Å². The second kappa shape index (κ2) is 7.27. The van der Waals surface area contributed by atoms with Gasteiger partial charge in [-0.3, -0.25) is 4.99 Å². The van der Waals surface area contributed by atoms with Crippen molar-refractivity contribution >= 4 is 16.9 Å². The predicted octanol–water partition coefficient (Wildman–Crippen LogP) is 2.43. The first-order chi connectivity index (χ1) is 8.01.